The predicted octanol–water partition coefficient (Wildman–Crippen LogP) is 2.90. The number of fused-ring (bicyclic) bond motifs is 3. The lowest BCUT2D eigenvalue weighted by Gasteiger charge is -2.46. The molecule has 3 heteroatoms. The maximum Gasteiger partial charge on any atom is 0.192 e. The van der Waals surface area contributed by atoms with E-state index in [4.69, 9.17) is 10.7 Å². The van der Waals surface area contributed by atoms with E-state index in [2.05, 4.69) is 4.90 Å². The second kappa shape index (κ2) is 4.39. The Balaban J connectivity index is 1.62. The summed E-state index contributed by atoms with van der Waals surface area (Å²) in [6, 6.07) is 0.688. The summed E-state index contributed by atoms with van der Waals surface area (Å²) in [5.74, 6) is 2.73. The summed E-state index contributed by atoms with van der Waals surface area (Å²) in [6.45, 7) is 0.997. The third-order valence-electron chi connectivity index (χ3n) is 6.37. The van der Waals surface area contributed by atoms with Crippen molar-refractivity contribution < 1.29 is 0 Å². The molecule has 3 atom stereocenters. The topological polar surface area (TPSA) is 41.6 Å². The summed E-state index contributed by atoms with van der Waals surface area (Å²) in [6.07, 6.45) is 14.0. The fraction of sp³-hybridized carbons (Fsp3) is 0.938. The van der Waals surface area contributed by atoms with Gasteiger partial charge in [-0.1, -0.05) is 25.7 Å². The van der Waals surface area contributed by atoms with Gasteiger partial charge >= 0.3 is 0 Å². The molecule has 3 unspecified atom stereocenters. The summed E-state index contributed by atoms with van der Waals surface area (Å²) in [7, 11) is 0. The minimum absolute atomic E-state index is 0.349. The zero-order chi connectivity index (χ0) is 12.9. The zero-order valence-corrected chi connectivity index (χ0v) is 12.0. The van der Waals surface area contributed by atoms with Gasteiger partial charge in [0.1, 0.15) is 0 Å². The standard InChI is InChI=1S/C16H27N3/c17-15-18-11-16(10-12-7-8-13(16)9-12)19(15)14-5-3-1-2-4-6-14/h12-14H,1-11H2,(H2,17,18). The van der Waals surface area contributed by atoms with E-state index in [1.165, 1.54) is 64.2 Å². The number of hydrogen-bond acceptors (Lipinski definition) is 3. The highest BCUT2D eigenvalue weighted by molar-refractivity contribution is 5.81. The van der Waals surface area contributed by atoms with Crippen molar-refractivity contribution in [3.8, 4) is 0 Å². The number of hydrogen-bond donors (Lipinski definition) is 1. The molecule has 0 aromatic carbocycles. The molecule has 1 spiro atoms. The lowest BCUT2D eigenvalue weighted by molar-refractivity contribution is 0.0791. The number of rotatable bonds is 1. The van der Waals surface area contributed by atoms with Crippen molar-refractivity contribution in [2.45, 2.75) is 75.8 Å². The highest BCUT2D eigenvalue weighted by Crippen LogP contribution is 2.55. The van der Waals surface area contributed by atoms with Gasteiger partial charge in [-0.15, -0.1) is 0 Å². The van der Waals surface area contributed by atoms with E-state index in [-0.39, 0.29) is 0 Å². The molecule has 0 radical (unpaired) electrons. The minimum atomic E-state index is 0.349. The summed E-state index contributed by atoms with van der Waals surface area (Å²) < 4.78 is 0. The third-order valence-corrected chi connectivity index (χ3v) is 6.37. The highest BCUT2D eigenvalue weighted by Gasteiger charge is 2.57. The summed E-state index contributed by atoms with van der Waals surface area (Å²) in [4.78, 5) is 7.32. The lowest BCUT2D eigenvalue weighted by atomic mass is 9.79. The molecular weight excluding hydrogens is 234 g/mol. The molecule has 1 heterocycles. The van der Waals surface area contributed by atoms with Gasteiger partial charge in [-0.25, -0.2) is 0 Å². The van der Waals surface area contributed by atoms with E-state index >= 15 is 0 Å². The molecule has 0 saturated heterocycles. The molecule has 3 saturated carbocycles. The Morgan fingerprint density at radius 1 is 1.05 bits per heavy atom. The van der Waals surface area contributed by atoms with Crippen molar-refractivity contribution >= 4 is 5.96 Å². The Bertz CT molecular complexity index is 383. The lowest BCUT2D eigenvalue weighted by Crippen LogP contribution is -2.58. The predicted molar refractivity (Wildman–Crippen MR) is 78.0 cm³/mol. The molecule has 1 aliphatic heterocycles. The van der Waals surface area contributed by atoms with Gasteiger partial charge in [0.2, 0.25) is 0 Å². The molecule has 3 fully saturated rings. The molecule has 0 amide bonds. The molecule has 4 aliphatic rings. The summed E-state index contributed by atoms with van der Waals surface area (Å²) in [5.41, 5.74) is 6.67. The maximum atomic E-state index is 6.32. The molecule has 19 heavy (non-hydrogen) atoms. The fourth-order valence-corrected chi connectivity index (χ4v) is 5.57. The van der Waals surface area contributed by atoms with Crippen molar-refractivity contribution in [2.75, 3.05) is 6.54 Å². The van der Waals surface area contributed by atoms with Crippen LogP contribution >= 0.6 is 0 Å². The van der Waals surface area contributed by atoms with Crippen molar-refractivity contribution in [3.63, 3.8) is 0 Å². The van der Waals surface area contributed by atoms with Gasteiger partial charge in [0, 0.05) is 6.04 Å². The Labute approximate surface area is 116 Å². The van der Waals surface area contributed by atoms with Gasteiger partial charge in [0.05, 0.1) is 12.1 Å². The maximum absolute atomic E-state index is 6.32. The fourth-order valence-electron chi connectivity index (χ4n) is 5.57. The van der Waals surface area contributed by atoms with Gasteiger partial charge in [0.25, 0.3) is 0 Å². The van der Waals surface area contributed by atoms with Crippen LogP contribution in [0.4, 0.5) is 0 Å². The van der Waals surface area contributed by atoms with Gasteiger partial charge in [-0.05, 0) is 50.4 Å². The minimum Gasteiger partial charge on any atom is -0.370 e. The molecule has 4 rings (SSSR count). The van der Waals surface area contributed by atoms with E-state index in [0.29, 0.717) is 11.6 Å². The van der Waals surface area contributed by atoms with E-state index in [1.807, 2.05) is 0 Å². The Morgan fingerprint density at radius 2 is 1.84 bits per heavy atom. The quantitative estimate of drug-likeness (QED) is 0.737. The first-order valence-electron chi connectivity index (χ1n) is 8.39. The first-order valence-corrected chi connectivity index (χ1v) is 8.39. The van der Waals surface area contributed by atoms with E-state index in [0.717, 1.165) is 24.3 Å². The average molecular weight is 261 g/mol. The number of guanidine groups is 1. The van der Waals surface area contributed by atoms with Crippen LogP contribution in [0.2, 0.25) is 0 Å². The van der Waals surface area contributed by atoms with Crippen molar-refractivity contribution in [1.82, 2.24) is 4.90 Å². The third kappa shape index (κ3) is 1.73. The number of nitrogens with zero attached hydrogens (tertiary/aromatic N) is 2. The Morgan fingerprint density at radius 3 is 2.47 bits per heavy atom. The van der Waals surface area contributed by atoms with Crippen LogP contribution in [0.5, 0.6) is 0 Å². The number of aliphatic imine (C=N–C) groups is 1. The van der Waals surface area contributed by atoms with Gasteiger partial charge in [-0.2, -0.15) is 0 Å². The number of nitrogens with two attached hydrogens (primary N) is 1. The summed E-state index contributed by atoms with van der Waals surface area (Å²) >= 11 is 0. The van der Waals surface area contributed by atoms with Crippen molar-refractivity contribution in [1.29, 1.82) is 0 Å². The van der Waals surface area contributed by atoms with Crippen LogP contribution in [0, 0.1) is 11.8 Å². The van der Waals surface area contributed by atoms with Crippen LogP contribution in [-0.2, 0) is 0 Å². The SMILES string of the molecule is NC1=NCC2(CC3CCC2C3)N1C1CCCCCC1. The molecule has 0 aromatic rings. The second-order valence-corrected chi connectivity index (χ2v) is 7.37. The average Bonchev–Trinajstić information content (AvgIpc) is 3.01. The highest BCUT2D eigenvalue weighted by atomic mass is 15.4. The monoisotopic (exact) mass is 261 g/mol. The molecule has 106 valence electrons. The molecular formula is C16H27N3. The molecule has 2 bridgehead atoms. The molecule has 2 N–H and O–H groups in total. The van der Waals surface area contributed by atoms with E-state index in [1.54, 1.807) is 0 Å². The van der Waals surface area contributed by atoms with Crippen molar-refractivity contribution in [3.05, 3.63) is 0 Å². The molecule has 3 nitrogen and oxygen atoms in total. The van der Waals surface area contributed by atoms with Crippen LogP contribution in [-0.4, -0.2) is 29.0 Å². The van der Waals surface area contributed by atoms with Crippen molar-refractivity contribution in [2.24, 2.45) is 22.6 Å². The second-order valence-electron chi connectivity index (χ2n) is 7.37. The Hall–Kier alpha value is -0.730. The van der Waals surface area contributed by atoms with Crippen LogP contribution < -0.4 is 5.73 Å². The van der Waals surface area contributed by atoms with Crippen LogP contribution in [0.3, 0.4) is 0 Å². The van der Waals surface area contributed by atoms with Gasteiger partial charge < -0.3 is 10.6 Å². The normalized spacial score (nSPS) is 42.9. The van der Waals surface area contributed by atoms with Gasteiger partial charge in [-0.3, -0.25) is 4.99 Å². The largest absolute Gasteiger partial charge is 0.370 e. The first kappa shape index (κ1) is 12.0. The zero-order valence-electron chi connectivity index (χ0n) is 12.0. The molecule has 3 aliphatic carbocycles. The van der Waals surface area contributed by atoms with E-state index in [9.17, 15) is 0 Å². The van der Waals surface area contributed by atoms with Crippen LogP contribution in [0.15, 0.2) is 4.99 Å². The molecule has 0 aromatic heterocycles. The van der Waals surface area contributed by atoms with Gasteiger partial charge in [0.15, 0.2) is 5.96 Å². The smallest absolute Gasteiger partial charge is 0.192 e. The van der Waals surface area contributed by atoms with Crippen LogP contribution in [0.25, 0.3) is 0 Å². The Kier molecular flexibility index (Phi) is 2.78. The first-order chi connectivity index (χ1) is 9.29. The van der Waals surface area contributed by atoms with Crippen LogP contribution in [0.1, 0.15) is 64.2 Å². The van der Waals surface area contributed by atoms with E-state index < -0.39 is 0 Å². The summed E-state index contributed by atoms with van der Waals surface area (Å²) in [5, 5.41) is 0.